The molecule has 0 radical (unpaired) electrons. The molecular formula is C9H6ClN3O5S. The maximum absolute atomic E-state index is 11.8. The Morgan fingerprint density at radius 3 is 2.63 bits per heavy atom. The van der Waals surface area contributed by atoms with Crippen LogP contribution in [0, 0.1) is 10.1 Å². The lowest BCUT2D eigenvalue weighted by Crippen LogP contribution is -2.28. The summed E-state index contributed by atoms with van der Waals surface area (Å²) in [7, 11) is -4.25. The van der Waals surface area contributed by atoms with E-state index in [9.17, 15) is 23.3 Å². The molecule has 0 saturated heterocycles. The van der Waals surface area contributed by atoms with Crippen molar-refractivity contribution in [2.45, 2.75) is 11.8 Å². The molecule has 1 amide bonds. The molecule has 0 fully saturated rings. The molecule has 0 atom stereocenters. The number of nitro groups is 1. The van der Waals surface area contributed by atoms with Crippen molar-refractivity contribution in [3.05, 3.63) is 32.8 Å². The molecule has 0 aromatic heterocycles. The highest BCUT2D eigenvalue weighted by atomic mass is 35.5. The van der Waals surface area contributed by atoms with E-state index in [4.69, 9.17) is 11.6 Å². The zero-order valence-electron chi connectivity index (χ0n) is 9.38. The molecule has 1 aromatic rings. The molecule has 0 bridgehead atoms. The van der Waals surface area contributed by atoms with Crippen LogP contribution in [-0.4, -0.2) is 25.1 Å². The first-order valence-electron chi connectivity index (χ1n) is 4.84. The fraction of sp³-hybridized carbons (Fsp3) is 0.111. The van der Waals surface area contributed by atoms with Gasteiger partial charge in [-0.1, -0.05) is 11.6 Å². The quantitative estimate of drug-likeness (QED) is 0.609. The monoisotopic (exact) mass is 303 g/mol. The van der Waals surface area contributed by atoms with Crippen LogP contribution in [0.4, 0.5) is 5.69 Å². The van der Waals surface area contributed by atoms with Crippen LogP contribution in [0.2, 0.25) is 5.02 Å². The number of benzene rings is 1. The van der Waals surface area contributed by atoms with Crippen molar-refractivity contribution in [1.82, 2.24) is 5.32 Å². The van der Waals surface area contributed by atoms with Crippen molar-refractivity contribution in [3.8, 4) is 0 Å². The predicted molar refractivity (Wildman–Crippen MR) is 65.6 cm³/mol. The van der Waals surface area contributed by atoms with Crippen LogP contribution in [0.25, 0.3) is 0 Å². The second kappa shape index (κ2) is 4.28. The van der Waals surface area contributed by atoms with Gasteiger partial charge in [-0.15, -0.1) is 4.40 Å². The number of amidine groups is 1. The Morgan fingerprint density at radius 1 is 1.47 bits per heavy atom. The van der Waals surface area contributed by atoms with Crippen molar-refractivity contribution < 1.29 is 18.1 Å². The fourth-order valence-electron chi connectivity index (χ4n) is 1.64. The molecule has 1 aliphatic rings. The standard InChI is InChI=1S/C9H6ClN3O5S/c1-4(14)11-9-7-5(10)2-3-6(13(15)16)8(7)19(17,18)12-9/h2-3H,1H3,(H,11,12,14). The second-order valence-corrected chi connectivity index (χ2v) is 5.57. The fourth-order valence-corrected chi connectivity index (χ4v) is 3.28. The summed E-state index contributed by atoms with van der Waals surface area (Å²) in [5.41, 5.74) is -0.797. The number of nitro benzene ring substituents is 1. The van der Waals surface area contributed by atoms with Crippen LogP contribution in [0.15, 0.2) is 21.4 Å². The van der Waals surface area contributed by atoms with Gasteiger partial charge in [0.2, 0.25) is 5.91 Å². The third kappa shape index (κ3) is 2.17. The lowest BCUT2D eigenvalue weighted by Gasteiger charge is -2.04. The molecule has 1 aliphatic heterocycles. The highest BCUT2D eigenvalue weighted by Gasteiger charge is 2.38. The maximum Gasteiger partial charge on any atom is 0.291 e. The molecule has 0 unspecified atom stereocenters. The first-order chi connectivity index (χ1) is 8.74. The SMILES string of the molecule is CC(=O)NC1=NS(=O)(=O)c2c([N+](=O)[O-])ccc(Cl)c21. The van der Waals surface area contributed by atoms with E-state index in [-0.39, 0.29) is 16.4 Å². The van der Waals surface area contributed by atoms with Crippen molar-refractivity contribution in [1.29, 1.82) is 0 Å². The Kier molecular flexibility index (Phi) is 3.03. The number of hydrogen-bond acceptors (Lipinski definition) is 5. The minimum Gasteiger partial charge on any atom is -0.310 e. The number of rotatable bonds is 1. The topological polar surface area (TPSA) is 119 Å². The number of halogens is 1. The van der Waals surface area contributed by atoms with Gasteiger partial charge in [0.05, 0.1) is 15.5 Å². The molecule has 1 heterocycles. The van der Waals surface area contributed by atoms with Crippen LogP contribution in [0.1, 0.15) is 12.5 Å². The predicted octanol–water partition coefficient (Wildman–Crippen LogP) is 0.833. The van der Waals surface area contributed by atoms with Gasteiger partial charge in [-0.25, -0.2) is 0 Å². The minimum atomic E-state index is -4.25. The Morgan fingerprint density at radius 2 is 2.11 bits per heavy atom. The van der Waals surface area contributed by atoms with Gasteiger partial charge in [0, 0.05) is 13.0 Å². The maximum atomic E-state index is 11.8. The Bertz CT molecular complexity index is 740. The summed E-state index contributed by atoms with van der Waals surface area (Å²) in [5, 5.41) is 13.0. The van der Waals surface area contributed by atoms with Gasteiger partial charge in [-0.3, -0.25) is 14.9 Å². The third-order valence-corrected chi connectivity index (χ3v) is 3.95. The van der Waals surface area contributed by atoms with Crippen LogP contribution in [0.5, 0.6) is 0 Å². The van der Waals surface area contributed by atoms with E-state index in [1.54, 1.807) is 0 Å². The van der Waals surface area contributed by atoms with Crippen LogP contribution in [0.3, 0.4) is 0 Å². The molecule has 100 valence electrons. The summed E-state index contributed by atoms with van der Waals surface area (Å²) in [6, 6.07) is 2.15. The van der Waals surface area contributed by atoms with E-state index in [1.807, 2.05) is 0 Å². The van der Waals surface area contributed by atoms with Gasteiger partial charge in [-0.2, -0.15) is 8.42 Å². The number of hydrogen-bond donors (Lipinski definition) is 1. The number of sulfonamides is 1. The summed E-state index contributed by atoms with van der Waals surface area (Å²) in [6.45, 7) is 1.15. The Labute approximate surface area is 112 Å². The number of fused-ring (bicyclic) bond motifs is 1. The highest BCUT2D eigenvalue weighted by Crippen LogP contribution is 2.37. The van der Waals surface area contributed by atoms with Gasteiger partial charge in [0.25, 0.3) is 15.7 Å². The van der Waals surface area contributed by atoms with Crippen molar-refractivity contribution in [2.75, 3.05) is 0 Å². The van der Waals surface area contributed by atoms with Crippen LogP contribution >= 0.6 is 11.6 Å². The number of carbonyl (C=O) groups is 1. The molecule has 19 heavy (non-hydrogen) atoms. The summed E-state index contributed by atoms with van der Waals surface area (Å²) >= 11 is 5.83. The zero-order valence-corrected chi connectivity index (χ0v) is 10.9. The smallest absolute Gasteiger partial charge is 0.291 e. The van der Waals surface area contributed by atoms with Crippen molar-refractivity contribution in [2.24, 2.45) is 4.40 Å². The van der Waals surface area contributed by atoms with E-state index in [1.165, 1.54) is 6.07 Å². The lowest BCUT2D eigenvalue weighted by atomic mass is 10.1. The minimum absolute atomic E-state index is 0.0471. The first kappa shape index (κ1) is 13.4. The normalized spacial score (nSPS) is 15.6. The number of nitrogens with zero attached hydrogens (tertiary/aromatic N) is 2. The van der Waals surface area contributed by atoms with Gasteiger partial charge in [0.1, 0.15) is 0 Å². The van der Waals surface area contributed by atoms with E-state index in [2.05, 4.69) is 9.71 Å². The second-order valence-electron chi connectivity index (χ2n) is 3.62. The average Bonchev–Trinajstić information content (AvgIpc) is 2.50. The molecule has 10 heteroatoms. The van der Waals surface area contributed by atoms with Gasteiger partial charge in [-0.05, 0) is 6.07 Å². The first-order valence-corrected chi connectivity index (χ1v) is 6.65. The number of nitrogens with one attached hydrogen (secondary N) is 1. The zero-order chi connectivity index (χ0) is 14.4. The van der Waals surface area contributed by atoms with Crippen LogP contribution in [-0.2, 0) is 14.8 Å². The van der Waals surface area contributed by atoms with Gasteiger partial charge in [0.15, 0.2) is 10.7 Å². The van der Waals surface area contributed by atoms with Crippen LogP contribution < -0.4 is 5.32 Å². The molecule has 1 N–H and O–H groups in total. The largest absolute Gasteiger partial charge is 0.310 e. The molecular weight excluding hydrogens is 298 g/mol. The molecule has 0 saturated carbocycles. The summed E-state index contributed by atoms with van der Waals surface area (Å²) in [4.78, 5) is 20.4. The van der Waals surface area contributed by atoms with Gasteiger partial charge < -0.3 is 5.32 Å². The number of carbonyl (C=O) groups excluding carboxylic acids is 1. The van der Waals surface area contributed by atoms with Gasteiger partial charge >= 0.3 is 0 Å². The molecule has 2 rings (SSSR count). The summed E-state index contributed by atoms with van der Waals surface area (Å²) in [5.74, 6) is -0.874. The Balaban J connectivity index is 2.79. The van der Waals surface area contributed by atoms with Crippen molar-refractivity contribution in [3.63, 3.8) is 0 Å². The van der Waals surface area contributed by atoms with Crippen molar-refractivity contribution >= 4 is 39.1 Å². The molecule has 0 aliphatic carbocycles. The average molecular weight is 304 g/mol. The Hall–Kier alpha value is -2.00. The molecule has 8 nitrogen and oxygen atoms in total. The third-order valence-electron chi connectivity index (χ3n) is 2.28. The molecule has 0 spiro atoms. The van der Waals surface area contributed by atoms with E-state index < -0.39 is 31.4 Å². The summed E-state index contributed by atoms with van der Waals surface area (Å²) < 4.78 is 26.9. The summed E-state index contributed by atoms with van der Waals surface area (Å²) in [6.07, 6.45) is 0. The highest BCUT2D eigenvalue weighted by molar-refractivity contribution is 7.91. The molecule has 1 aromatic carbocycles. The number of amides is 1. The van der Waals surface area contributed by atoms with E-state index >= 15 is 0 Å². The van der Waals surface area contributed by atoms with E-state index in [0.717, 1.165) is 13.0 Å². The van der Waals surface area contributed by atoms with E-state index in [0.29, 0.717) is 0 Å². The lowest BCUT2D eigenvalue weighted by molar-refractivity contribution is -0.387.